The van der Waals surface area contributed by atoms with E-state index in [2.05, 4.69) is 12.1 Å². The van der Waals surface area contributed by atoms with Gasteiger partial charge < -0.3 is 0 Å². The molecular weight excluding hydrogens is 227 g/mol. The Labute approximate surface area is 85.3 Å². The number of methoxy groups -OCH3 is 1. The number of carbonyl (C=O) groups is 1. The molecule has 0 aromatic heterocycles. The van der Waals surface area contributed by atoms with Crippen molar-refractivity contribution in [3.05, 3.63) is 6.42 Å². The molecule has 3 heteroatoms. The second-order valence-electron chi connectivity index (χ2n) is 3.53. The van der Waals surface area contributed by atoms with Crippen molar-refractivity contribution >= 4 is 19.2 Å². The van der Waals surface area contributed by atoms with E-state index < -0.39 is 14.7 Å². The molecule has 1 aliphatic carbocycles. The number of rotatable bonds is 4. The Morgan fingerprint density at radius 2 is 2.15 bits per heavy atom. The molecule has 1 aliphatic rings. The SMILES string of the molecule is COCC(=O)[As](C)C1CC[CH]CC1. The predicted octanol–water partition coefficient (Wildman–Crippen LogP) is 2.01. The van der Waals surface area contributed by atoms with Gasteiger partial charge in [-0.1, -0.05) is 0 Å². The maximum atomic E-state index is 11.6. The van der Waals surface area contributed by atoms with Gasteiger partial charge in [0.15, 0.2) is 0 Å². The maximum absolute atomic E-state index is 11.6. The molecule has 0 spiro atoms. The van der Waals surface area contributed by atoms with E-state index >= 15 is 0 Å². The van der Waals surface area contributed by atoms with Gasteiger partial charge in [0.1, 0.15) is 0 Å². The van der Waals surface area contributed by atoms with Crippen LogP contribution in [0.25, 0.3) is 0 Å². The molecule has 0 heterocycles. The van der Waals surface area contributed by atoms with Crippen LogP contribution in [0.4, 0.5) is 0 Å². The summed E-state index contributed by atoms with van der Waals surface area (Å²) in [7, 11) is 1.61. The molecule has 1 atom stereocenters. The van der Waals surface area contributed by atoms with Crippen LogP contribution in [0.1, 0.15) is 25.7 Å². The summed E-state index contributed by atoms with van der Waals surface area (Å²) in [5, 5.41) is 0. The van der Waals surface area contributed by atoms with E-state index in [4.69, 9.17) is 4.74 Å². The molecule has 1 rings (SSSR count). The molecule has 13 heavy (non-hydrogen) atoms. The van der Waals surface area contributed by atoms with Crippen molar-refractivity contribution in [1.82, 2.24) is 0 Å². The molecular formula is C10H18AsO2. The Bertz CT molecular complexity index is 164. The van der Waals surface area contributed by atoms with E-state index in [1.807, 2.05) is 0 Å². The topological polar surface area (TPSA) is 26.3 Å². The zero-order valence-electron chi connectivity index (χ0n) is 8.45. The monoisotopic (exact) mass is 245 g/mol. The molecule has 1 saturated carbocycles. The van der Waals surface area contributed by atoms with Gasteiger partial charge in [-0.3, -0.25) is 0 Å². The molecule has 0 aromatic carbocycles. The standard InChI is InChI=1S/C10H18AsO2/c1-11(10(12)8-13-2)9-6-4-3-5-7-9/h3,9H,4-8H2,1-2H3. The van der Waals surface area contributed by atoms with E-state index in [9.17, 15) is 4.79 Å². The second kappa shape index (κ2) is 5.82. The summed E-state index contributed by atoms with van der Waals surface area (Å²) in [5.41, 5.74) is 2.18. The van der Waals surface area contributed by atoms with Gasteiger partial charge in [-0.15, -0.1) is 0 Å². The first-order valence-corrected chi connectivity index (χ1v) is 8.71. The Morgan fingerprint density at radius 1 is 1.54 bits per heavy atom. The van der Waals surface area contributed by atoms with Gasteiger partial charge >= 0.3 is 85.0 Å². The van der Waals surface area contributed by atoms with E-state index in [0.29, 0.717) is 11.2 Å². The van der Waals surface area contributed by atoms with Gasteiger partial charge in [-0.25, -0.2) is 0 Å². The van der Waals surface area contributed by atoms with E-state index in [1.165, 1.54) is 25.7 Å². The van der Waals surface area contributed by atoms with E-state index in [1.54, 1.807) is 7.11 Å². The summed E-state index contributed by atoms with van der Waals surface area (Å²) < 4.78 is 6.04. The zero-order valence-corrected chi connectivity index (χ0v) is 10.3. The number of carbonyl (C=O) groups excluding carboxylic acids is 1. The first-order valence-electron chi connectivity index (χ1n) is 4.82. The van der Waals surface area contributed by atoms with Crippen LogP contribution in [-0.2, 0) is 9.53 Å². The van der Waals surface area contributed by atoms with Crippen molar-refractivity contribution in [2.75, 3.05) is 13.7 Å². The van der Waals surface area contributed by atoms with Crippen LogP contribution in [0.5, 0.6) is 0 Å². The Hall–Kier alpha value is 0.188. The van der Waals surface area contributed by atoms with Crippen molar-refractivity contribution in [2.24, 2.45) is 0 Å². The molecule has 1 fully saturated rings. The van der Waals surface area contributed by atoms with Gasteiger partial charge in [0.25, 0.3) is 0 Å². The van der Waals surface area contributed by atoms with Crippen LogP contribution in [-0.4, -0.2) is 32.9 Å². The summed E-state index contributed by atoms with van der Waals surface area (Å²) >= 11 is -1.25. The van der Waals surface area contributed by atoms with Crippen molar-refractivity contribution in [2.45, 2.75) is 36.1 Å². The van der Waals surface area contributed by atoms with Crippen LogP contribution in [0.2, 0.25) is 10.4 Å². The van der Waals surface area contributed by atoms with Gasteiger partial charge in [-0.05, 0) is 0 Å². The molecule has 0 amide bonds. The van der Waals surface area contributed by atoms with Crippen LogP contribution in [0.15, 0.2) is 0 Å². The van der Waals surface area contributed by atoms with Gasteiger partial charge in [0.05, 0.1) is 0 Å². The number of hydrogen-bond acceptors (Lipinski definition) is 2. The van der Waals surface area contributed by atoms with Crippen LogP contribution in [0, 0.1) is 6.42 Å². The third-order valence-electron chi connectivity index (χ3n) is 2.62. The van der Waals surface area contributed by atoms with E-state index in [-0.39, 0.29) is 0 Å². The zero-order chi connectivity index (χ0) is 9.68. The summed E-state index contributed by atoms with van der Waals surface area (Å²) in [6, 6.07) is 0. The van der Waals surface area contributed by atoms with Crippen molar-refractivity contribution < 1.29 is 9.53 Å². The Balaban J connectivity index is 2.35. The predicted molar refractivity (Wildman–Crippen MR) is 55.0 cm³/mol. The average molecular weight is 245 g/mol. The summed E-state index contributed by atoms with van der Waals surface area (Å²) in [6.07, 6.45) is 7.26. The van der Waals surface area contributed by atoms with Crippen LogP contribution in [0.3, 0.4) is 0 Å². The van der Waals surface area contributed by atoms with Crippen LogP contribution >= 0.6 is 0 Å². The molecule has 0 aromatic rings. The van der Waals surface area contributed by atoms with Crippen LogP contribution < -0.4 is 0 Å². The number of ether oxygens (including phenoxy) is 1. The summed E-state index contributed by atoms with van der Waals surface area (Å²) in [6.45, 7) is 0.344. The molecule has 0 aliphatic heterocycles. The molecule has 1 unspecified atom stereocenters. The first-order chi connectivity index (χ1) is 6.25. The quantitative estimate of drug-likeness (QED) is 0.708. The average Bonchev–Trinajstić information content (AvgIpc) is 2.18. The molecule has 1 radical (unpaired) electrons. The summed E-state index contributed by atoms with van der Waals surface area (Å²) in [5.74, 6) is 0. The Morgan fingerprint density at radius 3 is 2.69 bits per heavy atom. The molecule has 0 bridgehead atoms. The van der Waals surface area contributed by atoms with Crippen molar-refractivity contribution in [3.8, 4) is 0 Å². The number of hydrogen-bond donors (Lipinski definition) is 0. The molecule has 75 valence electrons. The summed E-state index contributed by atoms with van der Waals surface area (Å²) in [4.78, 5) is 11.6. The van der Waals surface area contributed by atoms with Gasteiger partial charge in [-0.2, -0.15) is 0 Å². The minimum atomic E-state index is -1.25. The van der Waals surface area contributed by atoms with Crippen molar-refractivity contribution in [1.29, 1.82) is 0 Å². The normalized spacial score (nSPS) is 21.4. The van der Waals surface area contributed by atoms with Gasteiger partial charge in [0, 0.05) is 0 Å². The fourth-order valence-corrected chi connectivity index (χ4v) is 5.53. The molecule has 0 N–H and O–H groups in total. The minimum absolute atomic E-state index is 0.344. The van der Waals surface area contributed by atoms with Crippen molar-refractivity contribution in [3.63, 3.8) is 0 Å². The fraction of sp³-hybridized carbons (Fsp3) is 0.800. The third kappa shape index (κ3) is 3.44. The molecule has 2 nitrogen and oxygen atoms in total. The second-order valence-corrected chi connectivity index (χ2v) is 8.68. The van der Waals surface area contributed by atoms with Gasteiger partial charge in [0.2, 0.25) is 0 Å². The third-order valence-corrected chi connectivity index (χ3v) is 7.92. The molecule has 0 saturated heterocycles. The van der Waals surface area contributed by atoms with E-state index in [0.717, 1.165) is 4.71 Å². The Kier molecular flexibility index (Phi) is 5.04. The fourth-order valence-electron chi connectivity index (χ4n) is 1.73. The first kappa shape index (κ1) is 11.3.